The van der Waals surface area contributed by atoms with Crippen LogP contribution >= 0.6 is 11.8 Å². The summed E-state index contributed by atoms with van der Waals surface area (Å²) in [5.41, 5.74) is -1.55. The molecule has 3 aromatic rings. The van der Waals surface area contributed by atoms with E-state index in [2.05, 4.69) is 4.98 Å². The van der Waals surface area contributed by atoms with Crippen LogP contribution in [0.5, 0.6) is 0 Å². The van der Waals surface area contributed by atoms with Crippen LogP contribution in [-0.2, 0) is 0 Å². The summed E-state index contributed by atoms with van der Waals surface area (Å²) in [5, 5.41) is 0.388. The molecule has 1 aromatic heterocycles. The van der Waals surface area contributed by atoms with E-state index in [0.717, 1.165) is 11.8 Å². The van der Waals surface area contributed by atoms with E-state index in [0.29, 0.717) is 15.8 Å². The summed E-state index contributed by atoms with van der Waals surface area (Å²) < 4.78 is 38.8. The Morgan fingerprint density at radius 2 is 1.58 bits per heavy atom. The molecule has 0 radical (unpaired) electrons. The first-order valence-electron chi connectivity index (χ1n) is 6.87. The lowest BCUT2D eigenvalue weighted by Crippen LogP contribution is -2.30. The zero-order valence-corrected chi connectivity index (χ0v) is 12.9. The van der Waals surface area contributed by atoms with Crippen LogP contribution in [0.3, 0.4) is 0 Å². The molecule has 0 saturated carbocycles. The molecule has 0 aliphatic heterocycles. The Labute approximate surface area is 138 Å². The number of aromatic nitrogens is 1. The standard InChI is InChI=1S/C17H10F3NO2S/c18-17(19,20)15(22)13-14(24-10-6-2-1-3-7-10)11-8-4-5-9-12(11)21-16(13)23/h1-9H,(H,21,23). The number of rotatable bonds is 3. The number of aromatic amines is 1. The van der Waals surface area contributed by atoms with Crippen molar-refractivity contribution in [1.82, 2.24) is 4.98 Å². The minimum Gasteiger partial charge on any atom is -0.321 e. The highest BCUT2D eigenvalue weighted by molar-refractivity contribution is 7.99. The van der Waals surface area contributed by atoms with Crippen LogP contribution in [0.1, 0.15) is 10.4 Å². The maximum absolute atomic E-state index is 12.9. The third kappa shape index (κ3) is 3.07. The number of pyridine rings is 1. The molecule has 0 bridgehead atoms. The van der Waals surface area contributed by atoms with Crippen molar-refractivity contribution < 1.29 is 18.0 Å². The molecule has 1 N–H and O–H groups in total. The van der Waals surface area contributed by atoms with Gasteiger partial charge in [0, 0.05) is 20.7 Å². The second kappa shape index (κ2) is 6.16. The molecule has 0 unspecified atom stereocenters. The molecule has 0 atom stereocenters. The van der Waals surface area contributed by atoms with Gasteiger partial charge in [-0.3, -0.25) is 9.59 Å². The molecule has 3 rings (SSSR count). The minimum atomic E-state index is -5.12. The molecular weight excluding hydrogens is 339 g/mol. The van der Waals surface area contributed by atoms with E-state index in [9.17, 15) is 22.8 Å². The van der Waals surface area contributed by atoms with Crippen LogP contribution in [0.15, 0.2) is 69.2 Å². The van der Waals surface area contributed by atoms with Crippen LogP contribution in [0.2, 0.25) is 0 Å². The summed E-state index contributed by atoms with van der Waals surface area (Å²) in [6.07, 6.45) is -5.12. The van der Waals surface area contributed by atoms with E-state index in [-0.39, 0.29) is 4.90 Å². The number of halogens is 3. The van der Waals surface area contributed by atoms with Gasteiger partial charge in [0.1, 0.15) is 5.56 Å². The Bertz CT molecular complexity index is 965. The number of H-pyrrole nitrogens is 1. The fourth-order valence-corrected chi connectivity index (χ4v) is 3.38. The number of alkyl halides is 3. The fraction of sp³-hybridized carbons (Fsp3) is 0.0588. The highest BCUT2D eigenvalue weighted by Gasteiger charge is 2.42. The predicted octanol–water partition coefficient (Wildman–Crippen LogP) is 4.42. The van der Waals surface area contributed by atoms with Crippen LogP contribution < -0.4 is 5.56 Å². The number of fused-ring (bicyclic) bond motifs is 1. The maximum Gasteiger partial charge on any atom is 0.455 e. The number of Topliss-reactive ketones (excluding diaryl/α,β-unsaturated/α-hetero) is 1. The minimum absolute atomic E-state index is 0.00266. The van der Waals surface area contributed by atoms with Gasteiger partial charge in [0.25, 0.3) is 11.3 Å². The van der Waals surface area contributed by atoms with Gasteiger partial charge < -0.3 is 4.98 Å². The van der Waals surface area contributed by atoms with Gasteiger partial charge in [-0.05, 0) is 18.2 Å². The molecule has 2 aromatic carbocycles. The van der Waals surface area contributed by atoms with E-state index in [4.69, 9.17) is 0 Å². The maximum atomic E-state index is 12.9. The Kier molecular flexibility index (Phi) is 4.19. The second-order valence-electron chi connectivity index (χ2n) is 4.95. The smallest absolute Gasteiger partial charge is 0.321 e. The van der Waals surface area contributed by atoms with E-state index < -0.39 is 23.1 Å². The second-order valence-corrected chi connectivity index (χ2v) is 6.03. The van der Waals surface area contributed by atoms with Gasteiger partial charge in [-0.2, -0.15) is 13.2 Å². The van der Waals surface area contributed by atoms with Gasteiger partial charge in [0.2, 0.25) is 0 Å². The number of carbonyl (C=O) groups is 1. The first-order valence-corrected chi connectivity index (χ1v) is 7.69. The quantitative estimate of drug-likeness (QED) is 0.712. The number of hydrogen-bond acceptors (Lipinski definition) is 3. The molecule has 122 valence electrons. The summed E-state index contributed by atoms with van der Waals surface area (Å²) in [7, 11) is 0. The number of hydrogen-bond donors (Lipinski definition) is 1. The third-order valence-electron chi connectivity index (χ3n) is 3.32. The van der Waals surface area contributed by atoms with Crippen molar-refractivity contribution in [3.8, 4) is 0 Å². The van der Waals surface area contributed by atoms with Crippen LogP contribution in [-0.4, -0.2) is 16.9 Å². The monoisotopic (exact) mass is 349 g/mol. The molecule has 3 nitrogen and oxygen atoms in total. The largest absolute Gasteiger partial charge is 0.455 e. The number of benzene rings is 2. The number of nitrogens with one attached hydrogen (secondary N) is 1. The first kappa shape index (κ1) is 16.3. The Balaban J connectivity index is 2.30. The van der Waals surface area contributed by atoms with Crippen molar-refractivity contribution in [3.63, 3.8) is 0 Å². The van der Waals surface area contributed by atoms with Crippen LogP contribution in [0.25, 0.3) is 10.9 Å². The lowest BCUT2D eigenvalue weighted by Gasteiger charge is -2.12. The molecule has 1 heterocycles. The molecule has 0 amide bonds. The molecule has 0 fully saturated rings. The summed E-state index contributed by atoms with van der Waals surface area (Å²) >= 11 is 0.961. The van der Waals surface area contributed by atoms with Crippen molar-refractivity contribution in [2.75, 3.05) is 0 Å². The van der Waals surface area contributed by atoms with E-state index >= 15 is 0 Å². The molecule has 7 heteroatoms. The average molecular weight is 349 g/mol. The normalized spacial score (nSPS) is 11.6. The molecule has 24 heavy (non-hydrogen) atoms. The van der Waals surface area contributed by atoms with Crippen molar-refractivity contribution in [2.24, 2.45) is 0 Å². The van der Waals surface area contributed by atoms with Gasteiger partial charge in [-0.15, -0.1) is 0 Å². The Hall–Kier alpha value is -2.54. The molecular formula is C17H10F3NO2S. The van der Waals surface area contributed by atoms with E-state index in [1.165, 1.54) is 0 Å². The first-order chi connectivity index (χ1) is 11.4. The number of para-hydroxylation sites is 1. The lowest BCUT2D eigenvalue weighted by atomic mass is 10.1. The predicted molar refractivity (Wildman–Crippen MR) is 85.5 cm³/mol. The van der Waals surface area contributed by atoms with Crippen molar-refractivity contribution in [3.05, 3.63) is 70.5 Å². The van der Waals surface area contributed by atoms with Gasteiger partial charge >= 0.3 is 6.18 Å². The SMILES string of the molecule is O=C(c1c(Sc2ccccc2)c2ccccc2[nH]c1=O)C(F)(F)F. The van der Waals surface area contributed by atoms with Crippen LogP contribution in [0.4, 0.5) is 13.2 Å². The van der Waals surface area contributed by atoms with Gasteiger partial charge in [0.15, 0.2) is 0 Å². The zero-order chi connectivity index (χ0) is 17.3. The highest BCUT2D eigenvalue weighted by atomic mass is 32.2. The summed E-state index contributed by atoms with van der Waals surface area (Å²) in [6, 6.07) is 15.0. The summed E-state index contributed by atoms with van der Waals surface area (Å²) in [6.45, 7) is 0. The van der Waals surface area contributed by atoms with Crippen molar-refractivity contribution >= 4 is 28.4 Å². The van der Waals surface area contributed by atoms with Gasteiger partial charge in [0.05, 0.1) is 0 Å². The van der Waals surface area contributed by atoms with E-state index in [1.54, 1.807) is 54.6 Å². The molecule has 0 aliphatic carbocycles. The highest BCUT2D eigenvalue weighted by Crippen LogP contribution is 2.36. The van der Waals surface area contributed by atoms with Gasteiger partial charge in [-0.25, -0.2) is 0 Å². The van der Waals surface area contributed by atoms with Gasteiger partial charge in [-0.1, -0.05) is 48.2 Å². The summed E-state index contributed by atoms with van der Waals surface area (Å²) in [4.78, 5) is 26.9. The zero-order valence-electron chi connectivity index (χ0n) is 12.1. The number of ketones is 1. The Morgan fingerprint density at radius 3 is 2.25 bits per heavy atom. The van der Waals surface area contributed by atoms with Crippen molar-refractivity contribution in [1.29, 1.82) is 0 Å². The molecule has 0 spiro atoms. The Morgan fingerprint density at radius 1 is 0.958 bits per heavy atom. The van der Waals surface area contributed by atoms with E-state index in [1.807, 2.05) is 0 Å². The topological polar surface area (TPSA) is 49.9 Å². The third-order valence-corrected chi connectivity index (χ3v) is 4.46. The molecule has 0 aliphatic rings. The van der Waals surface area contributed by atoms with Crippen LogP contribution in [0, 0.1) is 0 Å². The average Bonchev–Trinajstić information content (AvgIpc) is 2.54. The summed E-state index contributed by atoms with van der Waals surface area (Å²) in [5.74, 6) is -2.15. The molecule has 0 saturated heterocycles. The fourth-order valence-electron chi connectivity index (χ4n) is 2.27. The number of carbonyl (C=O) groups excluding carboxylic acids is 1. The lowest BCUT2D eigenvalue weighted by molar-refractivity contribution is -0.0888. The van der Waals surface area contributed by atoms with Crippen molar-refractivity contribution in [2.45, 2.75) is 16.0 Å².